The third-order valence-corrected chi connectivity index (χ3v) is 3.01. The predicted octanol–water partition coefficient (Wildman–Crippen LogP) is 5.75. The second-order valence-corrected chi connectivity index (χ2v) is 5.43. The van der Waals surface area contributed by atoms with Crippen LogP contribution >= 0.6 is 0 Å². The molecule has 0 N–H and O–H groups in total. The molecular formula is C16H30. The fraction of sp³-hybridized carbons (Fsp3) is 0.750. The molecule has 2 atom stereocenters. The quantitative estimate of drug-likeness (QED) is 0.459. The zero-order valence-electron chi connectivity index (χ0n) is 11.9. The van der Waals surface area contributed by atoms with Crippen LogP contribution in [0.5, 0.6) is 0 Å². The average molecular weight is 222 g/mol. The van der Waals surface area contributed by atoms with E-state index >= 15 is 0 Å². The molecule has 0 aromatic heterocycles. The van der Waals surface area contributed by atoms with E-state index in [9.17, 15) is 0 Å². The molecular weight excluding hydrogens is 192 g/mol. The first kappa shape index (κ1) is 15.5. The minimum atomic E-state index is 0.726. The van der Waals surface area contributed by atoms with E-state index in [1.54, 1.807) is 0 Å². The maximum absolute atomic E-state index is 2.38. The third-order valence-electron chi connectivity index (χ3n) is 3.01. The average Bonchev–Trinajstić information content (AvgIpc) is 2.17. The highest BCUT2D eigenvalue weighted by Crippen LogP contribution is 2.17. The van der Waals surface area contributed by atoms with Gasteiger partial charge in [-0.1, -0.05) is 70.3 Å². The van der Waals surface area contributed by atoms with Crippen LogP contribution in [0.4, 0.5) is 0 Å². The van der Waals surface area contributed by atoms with Crippen molar-refractivity contribution >= 4 is 0 Å². The fourth-order valence-electron chi connectivity index (χ4n) is 1.96. The summed E-state index contributed by atoms with van der Waals surface area (Å²) in [5.74, 6) is 1.64. The molecule has 0 amide bonds. The topological polar surface area (TPSA) is 0 Å². The normalized spacial score (nSPS) is 15.1. The molecule has 0 rings (SSSR count). The van der Waals surface area contributed by atoms with Gasteiger partial charge in [0.15, 0.2) is 0 Å². The monoisotopic (exact) mass is 222 g/mol. The Bertz CT molecular complexity index is 206. The summed E-state index contributed by atoms with van der Waals surface area (Å²) in [6.45, 7) is 11.3. The SMILES string of the molecule is CCCC(C)CCCC(C)C=CC=C(C)C. The van der Waals surface area contributed by atoms with E-state index in [1.165, 1.54) is 37.7 Å². The van der Waals surface area contributed by atoms with Gasteiger partial charge in [0.05, 0.1) is 0 Å². The zero-order chi connectivity index (χ0) is 12.4. The van der Waals surface area contributed by atoms with Crippen molar-refractivity contribution < 1.29 is 0 Å². The van der Waals surface area contributed by atoms with Crippen molar-refractivity contribution in [3.8, 4) is 0 Å². The van der Waals surface area contributed by atoms with E-state index in [0.717, 1.165) is 11.8 Å². The second-order valence-electron chi connectivity index (χ2n) is 5.43. The lowest BCUT2D eigenvalue weighted by Gasteiger charge is -2.11. The van der Waals surface area contributed by atoms with E-state index in [4.69, 9.17) is 0 Å². The molecule has 0 radical (unpaired) electrons. The summed E-state index contributed by atoms with van der Waals surface area (Å²) in [4.78, 5) is 0. The van der Waals surface area contributed by atoms with Crippen LogP contribution in [0.1, 0.15) is 66.7 Å². The van der Waals surface area contributed by atoms with Crippen molar-refractivity contribution in [3.63, 3.8) is 0 Å². The Morgan fingerprint density at radius 2 is 1.75 bits per heavy atom. The summed E-state index contributed by atoms with van der Waals surface area (Å²) in [6.07, 6.45) is 13.6. The molecule has 0 aliphatic heterocycles. The van der Waals surface area contributed by atoms with E-state index in [0.29, 0.717) is 0 Å². The first-order valence-electron chi connectivity index (χ1n) is 6.88. The Labute approximate surface area is 103 Å². The summed E-state index contributed by atoms with van der Waals surface area (Å²) in [7, 11) is 0. The van der Waals surface area contributed by atoms with Crippen LogP contribution in [0.25, 0.3) is 0 Å². The lowest BCUT2D eigenvalue weighted by Crippen LogP contribution is -1.96. The van der Waals surface area contributed by atoms with Gasteiger partial charge >= 0.3 is 0 Å². The van der Waals surface area contributed by atoms with Gasteiger partial charge in [-0.2, -0.15) is 0 Å². The summed E-state index contributed by atoms with van der Waals surface area (Å²) >= 11 is 0. The molecule has 0 heterocycles. The number of rotatable bonds is 8. The van der Waals surface area contributed by atoms with Crippen molar-refractivity contribution in [2.24, 2.45) is 11.8 Å². The third kappa shape index (κ3) is 10.0. The Morgan fingerprint density at radius 3 is 2.31 bits per heavy atom. The van der Waals surface area contributed by atoms with E-state index < -0.39 is 0 Å². The molecule has 0 bridgehead atoms. The Hall–Kier alpha value is -0.520. The molecule has 0 saturated carbocycles. The van der Waals surface area contributed by atoms with Crippen molar-refractivity contribution in [3.05, 3.63) is 23.8 Å². The van der Waals surface area contributed by atoms with Crippen LogP contribution in [0.3, 0.4) is 0 Å². The standard InChI is InChI=1S/C16H30/c1-6-9-15(4)12-8-13-16(5)11-7-10-14(2)3/h7,10-11,15-16H,6,8-9,12-13H2,1-5H3. The molecule has 0 spiro atoms. The Kier molecular flexibility index (Phi) is 9.37. The molecule has 0 heteroatoms. The maximum Gasteiger partial charge on any atom is -0.0259 e. The van der Waals surface area contributed by atoms with Crippen LogP contribution in [-0.4, -0.2) is 0 Å². The van der Waals surface area contributed by atoms with Gasteiger partial charge in [0, 0.05) is 0 Å². The van der Waals surface area contributed by atoms with Crippen LogP contribution in [0.2, 0.25) is 0 Å². The fourth-order valence-corrected chi connectivity index (χ4v) is 1.96. The lowest BCUT2D eigenvalue weighted by molar-refractivity contribution is 0.444. The molecule has 16 heavy (non-hydrogen) atoms. The summed E-state index contributed by atoms with van der Waals surface area (Å²) < 4.78 is 0. The van der Waals surface area contributed by atoms with Gasteiger partial charge in [-0.15, -0.1) is 0 Å². The molecule has 0 fully saturated rings. The van der Waals surface area contributed by atoms with Gasteiger partial charge in [0.1, 0.15) is 0 Å². The summed E-state index contributed by atoms with van der Waals surface area (Å²) in [5, 5.41) is 0. The van der Waals surface area contributed by atoms with Crippen LogP contribution < -0.4 is 0 Å². The smallest absolute Gasteiger partial charge is 0.0259 e. The highest BCUT2D eigenvalue weighted by molar-refractivity contribution is 5.08. The minimum Gasteiger partial charge on any atom is -0.0817 e. The first-order valence-corrected chi connectivity index (χ1v) is 6.88. The van der Waals surface area contributed by atoms with Gasteiger partial charge in [0.25, 0.3) is 0 Å². The minimum absolute atomic E-state index is 0.726. The van der Waals surface area contributed by atoms with Gasteiger partial charge in [-0.3, -0.25) is 0 Å². The van der Waals surface area contributed by atoms with Crippen molar-refractivity contribution in [2.75, 3.05) is 0 Å². The van der Waals surface area contributed by atoms with E-state index in [1.807, 2.05) is 0 Å². The van der Waals surface area contributed by atoms with Gasteiger partial charge < -0.3 is 0 Å². The summed E-state index contributed by atoms with van der Waals surface area (Å²) in [6, 6.07) is 0. The summed E-state index contributed by atoms with van der Waals surface area (Å²) in [5.41, 5.74) is 1.38. The molecule has 0 aromatic rings. The van der Waals surface area contributed by atoms with Crippen molar-refractivity contribution in [1.29, 1.82) is 0 Å². The molecule has 0 saturated heterocycles. The van der Waals surface area contributed by atoms with E-state index in [2.05, 4.69) is 52.8 Å². The Morgan fingerprint density at radius 1 is 1.06 bits per heavy atom. The predicted molar refractivity (Wildman–Crippen MR) is 75.7 cm³/mol. The first-order chi connectivity index (χ1) is 7.56. The van der Waals surface area contributed by atoms with Gasteiger partial charge in [-0.25, -0.2) is 0 Å². The molecule has 2 unspecified atom stereocenters. The number of allylic oxidation sites excluding steroid dienone is 4. The lowest BCUT2D eigenvalue weighted by atomic mass is 9.95. The molecule has 0 aliphatic carbocycles. The highest BCUT2D eigenvalue weighted by Gasteiger charge is 2.02. The zero-order valence-corrected chi connectivity index (χ0v) is 11.9. The molecule has 0 nitrogen and oxygen atoms in total. The highest BCUT2D eigenvalue weighted by atomic mass is 14.1. The van der Waals surface area contributed by atoms with Gasteiger partial charge in [-0.05, 0) is 32.1 Å². The molecule has 94 valence electrons. The van der Waals surface area contributed by atoms with Crippen molar-refractivity contribution in [2.45, 2.75) is 66.7 Å². The van der Waals surface area contributed by atoms with Crippen LogP contribution in [-0.2, 0) is 0 Å². The van der Waals surface area contributed by atoms with Crippen LogP contribution in [0, 0.1) is 11.8 Å². The van der Waals surface area contributed by atoms with Gasteiger partial charge in [0.2, 0.25) is 0 Å². The largest absolute Gasteiger partial charge is 0.0817 e. The van der Waals surface area contributed by atoms with E-state index in [-0.39, 0.29) is 0 Å². The number of hydrogen-bond acceptors (Lipinski definition) is 0. The maximum atomic E-state index is 2.38. The molecule has 0 aliphatic rings. The number of hydrogen-bond donors (Lipinski definition) is 0. The molecule has 0 aromatic carbocycles. The van der Waals surface area contributed by atoms with Crippen LogP contribution in [0.15, 0.2) is 23.8 Å². The second kappa shape index (κ2) is 9.69. The van der Waals surface area contributed by atoms with Crippen molar-refractivity contribution in [1.82, 2.24) is 0 Å². The Balaban J connectivity index is 3.61.